The first kappa shape index (κ1) is 22.4. The molecule has 1 aromatic carbocycles. The Balaban J connectivity index is 1.20. The summed E-state index contributed by atoms with van der Waals surface area (Å²) in [5, 5.41) is 30.4. The Morgan fingerprint density at radius 3 is 2.74 bits per heavy atom. The van der Waals surface area contributed by atoms with Gasteiger partial charge in [0, 0.05) is 36.8 Å². The molecule has 9 nitrogen and oxygen atoms in total. The van der Waals surface area contributed by atoms with Gasteiger partial charge in [0.15, 0.2) is 0 Å². The van der Waals surface area contributed by atoms with Crippen molar-refractivity contribution in [3.05, 3.63) is 60.3 Å². The molecule has 3 aromatic rings. The first-order valence-electron chi connectivity index (χ1n) is 11.3. The zero-order valence-electron chi connectivity index (χ0n) is 18.6. The van der Waals surface area contributed by atoms with Gasteiger partial charge in [-0.2, -0.15) is 0 Å². The minimum atomic E-state index is -1.26. The predicted molar refractivity (Wildman–Crippen MR) is 119 cm³/mol. The van der Waals surface area contributed by atoms with Crippen molar-refractivity contribution in [2.24, 2.45) is 0 Å². The number of amides is 1. The molecule has 0 radical (unpaired) electrons. The number of carbonyl (C=O) groups is 1. The van der Waals surface area contributed by atoms with Crippen molar-refractivity contribution in [3.8, 4) is 17.0 Å². The van der Waals surface area contributed by atoms with Gasteiger partial charge in [0.25, 0.3) is 0 Å². The van der Waals surface area contributed by atoms with Gasteiger partial charge < -0.3 is 19.8 Å². The fourth-order valence-electron chi connectivity index (χ4n) is 4.68. The molecular formula is C24H26FN5O4. The van der Waals surface area contributed by atoms with Crippen LogP contribution in [0.3, 0.4) is 0 Å². The molecule has 5 rings (SSSR count). The summed E-state index contributed by atoms with van der Waals surface area (Å²) >= 11 is 0. The summed E-state index contributed by atoms with van der Waals surface area (Å²) in [5.74, 6) is -0.00203. The maximum absolute atomic E-state index is 13.4. The van der Waals surface area contributed by atoms with E-state index in [1.807, 2.05) is 12.1 Å². The Kier molecular flexibility index (Phi) is 5.78. The Morgan fingerprint density at radius 1 is 1.15 bits per heavy atom. The molecule has 2 aliphatic rings. The van der Waals surface area contributed by atoms with Gasteiger partial charge in [-0.15, -0.1) is 5.10 Å². The average Bonchev–Trinajstić information content (AvgIpc) is 3.27. The quantitative estimate of drug-likeness (QED) is 0.589. The van der Waals surface area contributed by atoms with Gasteiger partial charge in [-0.3, -0.25) is 9.78 Å². The van der Waals surface area contributed by atoms with Crippen LogP contribution in [0.4, 0.5) is 4.39 Å². The van der Waals surface area contributed by atoms with Gasteiger partial charge in [0.2, 0.25) is 5.91 Å². The number of para-hydroxylation sites is 1. The number of hydrogen-bond donors (Lipinski definition) is 2. The fraction of sp³-hybridized carbons (Fsp3) is 0.417. The number of fused-ring (bicyclic) bond motifs is 1. The molecular weight excluding hydrogens is 441 g/mol. The lowest BCUT2D eigenvalue weighted by Gasteiger charge is -2.40. The van der Waals surface area contributed by atoms with E-state index in [9.17, 15) is 19.4 Å². The first-order valence-corrected chi connectivity index (χ1v) is 11.3. The van der Waals surface area contributed by atoms with E-state index in [0.717, 1.165) is 6.20 Å². The third-order valence-corrected chi connectivity index (χ3v) is 6.65. The normalized spacial score (nSPS) is 21.6. The highest BCUT2D eigenvalue weighted by Gasteiger charge is 2.41. The third-order valence-electron chi connectivity index (χ3n) is 6.65. The number of nitrogens with zero attached hydrogens (tertiary/aromatic N) is 5. The van der Waals surface area contributed by atoms with E-state index in [1.165, 1.54) is 16.9 Å². The maximum Gasteiger partial charge on any atom is 0.225 e. The Hall–Kier alpha value is -3.37. The highest BCUT2D eigenvalue weighted by Crippen LogP contribution is 2.39. The van der Waals surface area contributed by atoms with Gasteiger partial charge in [-0.1, -0.05) is 23.4 Å². The van der Waals surface area contributed by atoms with Gasteiger partial charge in [-0.25, -0.2) is 9.07 Å². The van der Waals surface area contributed by atoms with Crippen molar-refractivity contribution in [1.82, 2.24) is 24.9 Å². The fourth-order valence-corrected chi connectivity index (χ4v) is 4.68. The molecule has 0 bridgehead atoms. The number of halogens is 1. The standard InChI is InChI=1S/C24H26FN5O4/c25-18-11-17(13-26-14-18)20-15-30(28-27-20)16-23(32)5-8-29(9-6-23)22(31)12-24(33)7-10-34-21-4-2-1-3-19(21)24/h1-4,11,13-15,32-33H,5-10,12,16H2. The van der Waals surface area contributed by atoms with Crippen LogP contribution in [0.25, 0.3) is 11.3 Å². The van der Waals surface area contributed by atoms with Crippen molar-refractivity contribution in [2.75, 3.05) is 19.7 Å². The second-order valence-electron chi connectivity index (χ2n) is 9.10. The zero-order valence-corrected chi connectivity index (χ0v) is 18.6. The number of hydrogen-bond acceptors (Lipinski definition) is 7. The summed E-state index contributed by atoms with van der Waals surface area (Å²) in [6, 6.07) is 8.58. The van der Waals surface area contributed by atoms with Crippen LogP contribution in [0.15, 0.2) is 48.9 Å². The van der Waals surface area contributed by atoms with Crippen molar-refractivity contribution >= 4 is 5.91 Å². The van der Waals surface area contributed by atoms with Crippen LogP contribution in [0, 0.1) is 5.82 Å². The van der Waals surface area contributed by atoms with Gasteiger partial charge in [-0.05, 0) is 25.0 Å². The number of ether oxygens (including phenoxy) is 1. The summed E-state index contributed by atoms with van der Waals surface area (Å²) in [4.78, 5) is 18.5. The van der Waals surface area contributed by atoms with E-state index in [1.54, 1.807) is 23.2 Å². The Labute approximate surface area is 195 Å². The lowest BCUT2D eigenvalue weighted by atomic mass is 9.84. The molecule has 178 valence electrons. The van der Waals surface area contributed by atoms with Crippen molar-refractivity contribution < 1.29 is 24.1 Å². The Morgan fingerprint density at radius 2 is 1.94 bits per heavy atom. The summed E-state index contributed by atoms with van der Waals surface area (Å²) in [6.45, 7) is 1.31. The predicted octanol–water partition coefficient (Wildman–Crippen LogP) is 1.89. The molecule has 2 aliphatic heterocycles. The lowest BCUT2D eigenvalue weighted by Crippen LogP contribution is -2.50. The van der Waals surface area contributed by atoms with Crippen LogP contribution >= 0.6 is 0 Å². The number of aliphatic hydroxyl groups is 2. The molecule has 0 aliphatic carbocycles. The minimum absolute atomic E-state index is 0.0279. The zero-order chi connectivity index (χ0) is 23.8. The number of aromatic nitrogens is 4. The molecule has 1 atom stereocenters. The summed E-state index contributed by atoms with van der Waals surface area (Å²) < 4.78 is 20.6. The molecule has 0 saturated carbocycles. The number of pyridine rings is 1. The molecule has 2 aromatic heterocycles. The van der Waals surface area contributed by atoms with E-state index in [4.69, 9.17) is 4.74 Å². The van der Waals surface area contributed by atoms with Gasteiger partial charge in [0.1, 0.15) is 22.9 Å². The summed E-state index contributed by atoms with van der Waals surface area (Å²) in [5.41, 5.74) is -0.703. The molecule has 4 heterocycles. The van der Waals surface area contributed by atoms with Crippen molar-refractivity contribution in [3.63, 3.8) is 0 Å². The van der Waals surface area contributed by atoms with E-state index >= 15 is 0 Å². The number of likely N-dealkylation sites (tertiary alicyclic amines) is 1. The number of rotatable bonds is 5. The summed E-state index contributed by atoms with van der Waals surface area (Å²) in [6.07, 6.45) is 5.32. The van der Waals surface area contributed by atoms with Gasteiger partial charge >= 0.3 is 0 Å². The molecule has 1 amide bonds. The number of carbonyl (C=O) groups excluding carboxylic acids is 1. The Bertz CT molecular complexity index is 1190. The van der Waals surface area contributed by atoms with Crippen LogP contribution in [0.2, 0.25) is 0 Å². The topological polar surface area (TPSA) is 114 Å². The molecule has 1 saturated heterocycles. The largest absolute Gasteiger partial charge is 0.493 e. The van der Waals surface area contributed by atoms with E-state index in [-0.39, 0.29) is 18.9 Å². The van der Waals surface area contributed by atoms with Crippen LogP contribution in [-0.4, -0.2) is 66.3 Å². The third kappa shape index (κ3) is 4.51. The summed E-state index contributed by atoms with van der Waals surface area (Å²) in [7, 11) is 0. The minimum Gasteiger partial charge on any atom is -0.493 e. The molecule has 34 heavy (non-hydrogen) atoms. The molecule has 0 spiro atoms. The van der Waals surface area contributed by atoms with E-state index in [0.29, 0.717) is 61.5 Å². The highest BCUT2D eigenvalue weighted by atomic mass is 19.1. The van der Waals surface area contributed by atoms with Gasteiger partial charge in [0.05, 0.1) is 37.6 Å². The molecule has 10 heteroatoms. The lowest BCUT2D eigenvalue weighted by molar-refractivity contribution is -0.142. The smallest absolute Gasteiger partial charge is 0.225 e. The molecule has 2 N–H and O–H groups in total. The number of benzene rings is 1. The van der Waals surface area contributed by atoms with Crippen molar-refractivity contribution in [1.29, 1.82) is 0 Å². The van der Waals surface area contributed by atoms with Crippen LogP contribution < -0.4 is 4.74 Å². The monoisotopic (exact) mass is 467 g/mol. The van der Waals surface area contributed by atoms with E-state index < -0.39 is 17.0 Å². The molecule has 1 fully saturated rings. The van der Waals surface area contributed by atoms with Crippen LogP contribution in [0.5, 0.6) is 5.75 Å². The molecule has 1 unspecified atom stereocenters. The van der Waals surface area contributed by atoms with Crippen LogP contribution in [0.1, 0.15) is 31.2 Å². The highest BCUT2D eigenvalue weighted by molar-refractivity contribution is 5.78. The SMILES string of the molecule is O=C(CC1(O)CCOc2ccccc21)N1CCC(O)(Cn2cc(-c3cncc(F)c3)nn2)CC1. The maximum atomic E-state index is 13.4. The second kappa shape index (κ2) is 8.77. The number of piperidine rings is 1. The van der Waals surface area contributed by atoms with Crippen molar-refractivity contribution in [2.45, 2.75) is 43.4 Å². The first-order chi connectivity index (χ1) is 16.3. The van der Waals surface area contributed by atoms with E-state index in [2.05, 4.69) is 15.3 Å². The average molecular weight is 468 g/mol. The van der Waals surface area contributed by atoms with Crippen LogP contribution in [-0.2, 0) is 16.9 Å². The second-order valence-corrected chi connectivity index (χ2v) is 9.10.